The number of rotatable bonds is 4. The second-order valence-electron chi connectivity index (χ2n) is 11.4. The van der Waals surface area contributed by atoms with Crippen LogP contribution >= 0.6 is 0 Å². The van der Waals surface area contributed by atoms with Crippen LogP contribution in [0.1, 0.15) is 56.2 Å². The topological polar surface area (TPSA) is 0 Å². The van der Waals surface area contributed by atoms with Crippen molar-refractivity contribution in [2.75, 3.05) is 0 Å². The van der Waals surface area contributed by atoms with Crippen molar-refractivity contribution >= 4 is 12.2 Å². The summed E-state index contributed by atoms with van der Waals surface area (Å²) in [4.78, 5) is 0. The summed E-state index contributed by atoms with van der Waals surface area (Å²) in [6, 6.07) is 36.3. The predicted molar refractivity (Wildman–Crippen MR) is 155 cm³/mol. The summed E-state index contributed by atoms with van der Waals surface area (Å²) in [5, 5.41) is 0. The molecule has 182 valence electrons. The van der Waals surface area contributed by atoms with E-state index in [4.69, 9.17) is 0 Å². The second-order valence-corrected chi connectivity index (χ2v) is 22.8. The SMILES string of the molecule is CC1=Cc2c(-c3ccccc3)cccc2[CH]1[Zr]1([CH]2C(C)=Cc3c(-c4ccccc4)cccc32)[CH2]CC[CH2]1. The summed E-state index contributed by atoms with van der Waals surface area (Å²) < 4.78 is 4.36. The van der Waals surface area contributed by atoms with Gasteiger partial charge in [0.15, 0.2) is 0 Å². The number of hydrogen-bond donors (Lipinski definition) is 0. The van der Waals surface area contributed by atoms with Gasteiger partial charge in [0.2, 0.25) is 0 Å². The summed E-state index contributed by atoms with van der Waals surface area (Å²) in [5.41, 5.74) is 15.0. The number of allylic oxidation sites excluding steroid dienone is 2. The van der Waals surface area contributed by atoms with E-state index in [1.807, 2.05) is 0 Å². The van der Waals surface area contributed by atoms with E-state index < -0.39 is 20.3 Å². The molecule has 4 aromatic carbocycles. The van der Waals surface area contributed by atoms with Gasteiger partial charge in [-0.15, -0.1) is 0 Å². The number of benzene rings is 4. The van der Waals surface area contributed by atoms with Crippen LogP contribution in [0, 0.1) is 0 Å². The van der Waals surface area contributed by atoms with Gasteiger partial charge >= 0.3 is 227 Å². The molecule has 2 unspecified atom stereocenters. The van der Waals surface area contributed by atoms with Gasteiger partial charge < -0.3 is 0 Å². The van der Waals surface area contributed by atoms with E-state index in [0.717, 1.165) is 0 Å². The number of fused-ring (bicyclic) bond motifs is 2. The van der Waals surface area contributed by atoms with Crippen LogP contribution in [-0.4, -0.2) is 0 Å². The van der Waals surface area contributed by atoms with Crippen LogP contribution in [0.25, 0.3) is 34.4 Å². The Labute approximate surface area is 226 Å². The molecule has 0 N–H and O–H groups in total. The van der Waals surface area contributed by atoms with Crippen molar-refractivity contribution in [3.05, 3.63) is 130 Å². The molecule has 1 aliphatic heterocycles. The van der Waals surface area contributed by atoms with E-state index in [1.165, 1.54) is 54.5 Å². The molecule has 0 radical (unpaired) electrons. The van der Waals surface area contributed by atoms with E-state index in [-0.39, 0.29) is 0 Å². The Morgan fingerprint density at radius 1 is 0.514 bits per heavy atom. The summed E-state index contributed by atoms with van der Waals surface area (Å²) in [5.74, 6) is 0. The standard InChI is InChI=1S/2C16H13.C4H8.Zr/c2*1-12-10-14-8-5-9-15(16(14)11-12)13-6-3-2-4-7-13;1-3-4-2;/h2*2-11H,1H3;1-4H2;. The monoisotopic (exact) mass is 556 g/mol. The maximum absolute atomic E-state index is 2.81. The quantitative estimate of drug-likeness (QED) is 0.234. The minimum atomic E-state index is -2.81. The molecule has 0 amide bonds. The van der Waals surface area contributed by atoms with Crippen molar-refractivity contribution in [3.8, 4) is 22.3 Å². The molecule has 0 saturated carbocycles. The van der Waals surface area contributed by atoms with Crippen LogP contribution in [0.4, 0.5) is 0 Å². The van der Waals surface area contributed by atoms with Gasteiger partial charge in [0.05, 0.1) is 0 Å². The molecule has 37 heavy (non-hydrogen) atoms. The Kier molecular flexibility index (Phi) is 5.82. The average Bonchev–Trinajstić information content (AvgIpc) is 3.64. The summed E-state index contributed by atoms with van der Waals surface area (Å²) in [7, 11) is 0. The van der Waals surface area contributed by atoms with E-state index in [0.29, 0.717) is 7.25 Å². The molecule has 2 atom stereocenters. The molecule has 0 nitrogen and oxygen atoms in total. The Hall–Kier alpha value is -2.76. The van der Waals surface area contributed by atoms with Gasteiger partial charge in [-0.1, -0.05) is 0 Å². The van der Waals surface area contributed by atoms with Crippen molar-refractivity contribution in [1.29, 1.82) is 0 Å². The molecule has 0 spiro atoms. The van der Waals surface area contributed by atoms with Gasteiger partial charge in [-0.2, -0.15) is 0 Å². The molecule has 4 aromatic rings. The van der Waals surface area contributed by atoms with Crippen molar-refractivity contribution in [3.63, 3.8) is 0 Å². The first-order valence-electron chi connectivity index (χ1n) is 13.9. The summed E-state index contributed by atoms with van der Waals surface area (Å²) in [6.07, 6.45) is 7.97. The van der Waals surface area contributed by atoms with Crippen LogP contribution < -0.4 is 0 Å². The zero-order valence-corrected chi connectivity index (χ0v) is 24.3. The predicted octanol–water partition coefficient (Wildman–Crippen LogP) is 10.4. The number of hydrogen-bond acceptors (Lipinski definition) is 0. The summed E-state index contributed by atoms with van der Waals surface area (Å²) in [6.45, 7) is 4.90. The molecular formula is C36H34Zr. The van der Waals surface area contributed by atoms with Gasteiger partial charge in [-0.05, 0) is 0 Å². The molecule has 7 rings (SSSR count). The molecule has 0 bridgehead atoms. The first kappa shape index (κ1) is 23.4. The van der Waals surface area contributed by atoms with E-state index in [2.05, 4.69) is 123 Å². The normalized spacial score (nSPS) is 21.4. The van der Waals surface area contributed by atoms with Crippen LogP contribution in [0.3, 0.4) is 0 Å². The van der Waals surface area contributed by atoms with Gasteiger partial charge in [0.25, 0.3) is 0 Å². The molecule has 3 aliphatic rings. The van der Waals surface area contributed by atoms with Crippen LogP contribution in [0.15, 0.2) is 108 Å². The van der Waals surface area contributed by atoms with Gasteiger partial charge in [-0.3, -0.25) is 0 Å². The molecule has 1 heterocycles. The fourth-order valence-corrected chi connectivity index (χ4v) is 26.0. The van der Waals surface area contributed by atoms with Crippen molar-refractivity contribution in [2.45, 2.75) is 42.2 Å². The van der Waals surface area contributed by atoms with E-state index in [9.17, 15) is 0 Å². The minimum absolute atomic E-state index is 0.676. The zero-order valence-electron chi connectivity index (χ0n) is 21.9. The van der Waals surface area contributed by atoms with Crippen molar-refractivity contribution in [1.82, 2.24) is 0 Å². The molecule has 1 saturated heterocycles. The second kappa shape index (κ2) is 9.21. The zero-order chi connectivity index (χ0) is 25.0. The molecule has 1 fully saturated rings. The van der Waals surface area contributed by atoms with E-state index >= 15 is 0 Å². The first-order valence-corrected chi connectivity index (χ1v) is 20.2. The fourth-order valence-electron chi connectivity index (χ4n) is 8.15. The fraction of sp³-hybridized carbons (Fsp3) is 0.222. The third-order valence-corrected chi connectivity index (χ3v) is 25.1. The Bertz CT molecular complexity index is 1420. The molecule has 0 aromatic heterocycles. The van der Waals surface area contributed by atoms with Crippen LogP contribution in [0.5, 0.6) is 0 Å². The third-order valence-electron chi connectivity index (χ3n) is 9.41. The first-order chi connectivity index (χ1) is 18.2. The van der Waals surface area contributed by atoms with Gasteiger partial charge in [0, 0.05) is 0 Å². The van der Waals surface area contributed by atoms with Crippen molar-refractivity contribution in [2.24, 2.45) is 0 Å². The van der Waals surface area contributed by atoms with Gasteiger partial charge in [-0.25, -0.2) is 0 Å². The maximum atomic E-state index is 2.56. The molecule has 1 heteroatoms. The third kappa shape index (κ3) is 3.65. The Balaban J connectivity index is 1.38. The average molecular weight is 558 g/mol. The summed E-state index contributed by atoms with van der Waals surface area (Å²) >= 11 is -2.81. The van der Waals surface area contributed by atoms with Crippen LogP contribution in [-0.2, 0) is 20.3 Å². The Morgan fingerprint density at radius 3 is 1.38 bits per heavy atom. The van der Waals surface area contributed by atoms with Crippen LogP contribution in [0.2, 0.25) is 8.26 Å². The molecular weight excluding hydrogens is 524 g/mol. The van der Waals surface area contributed by atoms with Gasteiger partial charge in [0.1, 0.15) is 0 Å². The molecule has 2 aliphatic carbocycles. The Morgan fingerprint density at radius 2 is 0.946 bits per heavy atom. The van der Waals surface area contributed by atoms with Crippen molar-refractivity contribution < 1.29 is 20.3 Å². The van der Waals surface area contributed by atoms with E-state index in [1.54, 1.807) is 22.3 Å².